The second-order valence-electron chi connectivity index (χ2n) is 15.6. The lowest BCUT2D eigenvalue weighted by Gasteiger charge is -2.28. The average molecular weight is 770 g/mol. The molecule has 0 spiro atoms. The smallest absolute Gasteiger partial charge is 0.0992 e. The van der Waals surface area contributed by atoms with Crippen LogP contribution in [0.5, 0.6) is 0 Å². The Morgan fingerprint density at radius 2 is 1.14 bits per heavy atom. The number of rotatable bonds is 5. The number of aromatic nitrogens is 1. The zero-order chi connectivity index (χ0) is 39.0. The minimum atomic E-state index is 0.270. The number of nitrogens with zero attached hydrogens (tertiary/aromatic N) is 3. The van der Waals surface area contributed by atoms with Gasteiger partial charge in [0, 0.05) is 53.9 Å². The molecular formula is C55H35N3S. The number of allylic oxidation sites excluding steroid dienone is 2. The molecular weight excluding hydrogens is 735 g/mol. The molecule has 59 heavy (non-hydrogen) atoms. The van der Waals surface area contributed by atoms with Crippen LogP contribution in [0.3, 0.4) is 0 Å². The molecule has 2 aliphatic rings. The van der Waals surface area contributed by atoms with Crippen LogP contribution in [0.1, 0.15) is 17.0 Å². The first-order chi connectivity index (χ1) is 29.2. The fourth-order valence-electron chi connectivity index (χ4n) is 9.60. The molecule has 3 heterocycles. The largest absolute Gasteiger partial charge is 0.333 e. The molecule has 12 rings (SSSR count). The van der Waals surface area contributed by atoms with Crippen LogP contribution in [-0.2, 0) is 0 Å². The molecule has 2 aromatic heterocycles. The summed E-state index contributed by atoms with van der Waals surface area (Å²) in [6, 6.07) is 66.3. The van der Waals surface area contributed by atoms with E-state index < -0.39 is 0 Å². The number of benzene rings is 8. The summed E-state index contributed by atoms with van der Waals surface area (Å²) in [5.74, 6) is 0.309. The number of hydrogen-bond donors (Lipinski definition) is 0. The summed E-state index contributed by atoms with van der Waals surface area (Å²) in [5, 5.41) is 14.8. The molecule has 1 aliphatic heterocycles. The topological polar surface area (TPSA) is 32.0 Å². The Hall–Kier alpha value is -7.45. The van der Waals surface area contributed by atoms with Crippen LogP contribution in [0.4, 0.5) is 11.4 Å². The first kappa shape index (κ1) is 33.7. The van der Waals surface area contributed by atoms with Crippen molar-refractivity contribution in [3.05, 3.63) is 211 Å². The summed E-state index contributed by atoms with van der Waals surface area (Å²) in [5.41, 5.74) is 14.9. The molecule has 4 heteroatoms. The van der Waals surface area contributed by atoms with Crippen molar-refractivity contribution in [1.82, 2.24) is 4.57 Å². The molecule has 0 N–H and O–H groups in total. The quantitative estimate of drug-likeness (QED) is 0.175. The van der Waals surface area contributed by atoms with Gasteiger partial charge in [-0.05, 0) is 112 Å². The third-order valence-corrected chi connectivity index (χ3v) is 13.6. The van der Waals surface area contributed by atoms with Gasteiger partial charge in [-0.25, -0.2) is 0 Å². The van der Waals surface area contributed by atoms with Gasteiger partial charge in [0.25, 0.3) is 0 Å². The molecule has 10 aromatic rings. The molecule has 1 aliphatic carbocycles. The number of nitriles is 1. The highest BCUT2D eigenvalue weighted by molar-refractivity contribution is 7.26. The monoisotopic (exact) mass is 769 g/mol. The summed E-state index contributed by atoms with van der Waals surface area (Å²) in [6.45, 7) is 0. The predicted octanol–water partition coefficient (Wildman–Crippen LogP) is 14.8. The van der Waals surface area contributed by atoms with Gasteiger partial charge in [-0.1, -0.05) is 127 Å². The Morgan fingerprint density at radius 3 is 1.95 bits per heavy atom. The average Bonchev–Trinajstić information content (AvgIpc) is 3.96. The van der Waals surface area contributed by atoms with Gasteiger partial charge in [-0.3, -0.25) is 0 Å². The van der Waals surface area contributed by atoms with E-state index in [-0.39, 0.29) is 6.04 Å². The van der Waals surface area contributed by atoms with Crippen molar-refractivity contribution < 1.29 is 0 Å². The molecule has 0 fully saturated rings. The Morgan fingerprint density at radius 1 is 0.492 bits per heavy atom. The van der Waals surface area contributed by atoms with E-state index in [9.17, 15) is 5.26 Å². The standard InChI is InChI=1S/C55H35N3S/c56-34-35-10-8-13-42(30-35)58-52-28-25-39(32-48(52)49-33-40(26-29-53(49)58)43-16-9-17-46-45-15-5-7-19-54(45)59-55(43)46)37-22-20-36(21-23-37)38-24-27-51-47(31-38)44-14-4-6-18-50(44)57(51)41-11-2-1-3-12-41/h1-33,44,50H. The van der Waals surface area contributed by atoms with Gasteiger partial charge >= 0.3 is 0 Å². The van der Waals surface area contributed by atoms with Crippen LogP contribution in [0.25, 0.3) is 81.0 Å². The Labute approximate surface area is 346 Å². The minimum absolute atomic E-state index is 0.270. The summed E-state index contributed by atoms with van der Waals surface area (Å²) in [4.78, 5) is 2.48. The van der Waals surface area contributed by atoms with Gasteiger partial charge in [-0.15, -0.1) is 11.3 Å². The van der Waals surface area contributed by atoms with Crippen LogP contribution in [-0.4, -0.2) is 10.6 Å². The van der Waals surface area contributed by atoms with Gasteiger partial charge in [0.2, 0.25) is 0 Å². The SMILES string of the molecule is N#Cc1cccc(-n2c3ccc(-c4ccc(-c5ccc6c(c5)C5C=CC=CC5N6c5ccccc5)cc4)cc3c3cc(-c4cccc5c4sc4ccccc45)ccc32)c1. The maximum absolute atomic E-state index is 9.82. The lowest BCUT2D eigenvalue weighted by Crippen LogP contribution is -2.28. The third-order valence-electron chi connectivity index (χ3n) is 12.3. The molecule has 0 radical (unpaired) electrons. The highest BCUT2D eigenvalue weighted by Gasteiger charge is 2.37. The van der Waals surface area contributed by atoms with Gasteiger partial charge < -0.3 is 9.47 Å². The van der Waals surface area contributed by atoms with Crippen LogP contribution in [0.15, 0.2) is 200 Å². The van der Waals surface area contributed by atoms with E-state index in [2.05, 4.69) is 198 Å². The lowest BCUT2D eigenvalue weighted by molar-refractivity contribution is 0.745. The van der Waals surface area contributed by atoms with Gasteiger partial charge in [-0.2, -0.15) is 5.26 Å². The number of para-hydroxylation sites is 1. The van der Waals surface area contributed by atoms with Crippen LogP contribution < -0.4 is 4.90 Å². The molecule has 2 unspecified atom stereocenters. The summed E-state index contributed by atoms with van der Waals surface area (Å²) in [6.07, 6.45) is 9.04. The Bertz CT molecular complexity index is 3410. The van der Waals surface area contributed by atoms with Crippen LogP contribution >= 0.6 is 11.3 Å². The lowest BCUT2D eigenvalue weighted by atomic mass is 9.89. The van der Waals surface area contributed by atoms with E-state index in [1.807, 2.05) is 29.5 Å². The number of thiophene rings is 1. The number of hydrogen-bond acceptors (Lipinski definition) is 3. The van der Waals surface area contributed by atoms with Crippen molar-refractivity contribution in [1.29, 1.82) is 5.26 Å². The maximum Gasteiger partial charge on any atom is 0.0992 e. The van der Waals surface area contributed by atoms with Gasteiger partial charge in [0.05, 0.1) is 28.7 Å². The fourth-order valence-corrected chi connectivity index (χ4v) is 10.8. The molecule has 0 amide bonds. The minimum Gasteiger partial charge on any atom is -0.333 e. The van der Waals surface area contributed by atoms with Crippen LogP contribution in [0, 0.1) is 11.3 Å². The second kappa shape index (κ2) is 13.3. The second-order valence-corrected chi connectivity index (χ2v) is 16.6. The van der Waals surface area contributed by atoms with Crippen molar-refractivity contribution in [2.45, 2.75) is 12.0 Å². The van der Waals surface area contributed by atoms with Crippen molar-refractivity contribution in [3.8, 4) is 45.1 Å². The number of anilines is 2. The Kier molecular flexibility index (Phi) is 7.60. The van der Waals surface area contributed by atoms with Gasteiger partial charge in [0.15, 0.2) is 0 Å². The first-order valence-corrected chi connectivity index (χ1v) is 21.0. The third kappa shape index (κ3) is 5.33. The maximum atomic E-state index is 9.82. The molecule has 0 bridgehead atoms. The molecule has 3 nitrogen and oxygen atoms in total. The summed E-state index contributed by atoms with van der Waals surface area (Å²) in [7, 11) is 0. The van der Waals surface area contributed by atoms with E-state index >= 15 is 0 Å². The number of fused-ring (bicyclic) bond motifs is 9. The first-order valence-electron chi connectivity index (χ1n) is 20.1. The van der Waals surface area contributed by atoms with Gasteiger partial charge in [0.1, 0.15) is 0 Å². The predicted molar refractivity (Wildman–Crippen MR) is 248 cm³/mol. The van der Waals surface area contributed by atoms with E-state index in [1.165, 1.54) is 81.3 Å². The molecule has 0 saturated heterocycles. The molecule has 8 aromatic carbocycles. The van der Waals surface area contributed by atoms with Crippen LogP contribution in [0.2, 0.25) is 0 Å². The van der Waals surface area contributed by atoms with E-state index in [4.69, 9.17) is 0 Å². The molecule has 0 saturated carbocycles. The van der Waals surface area contributed by atoms with E-state index in [0.717, 1.165) is 16.7 Å². The summed E-state index contributed by atoms with van der Waals surface area (Å²) >= 11 is 1.86. The summed E-state index contributed by atoms with van der Waals surface area (Å²) < 4.78 is 4.92. The van der Waals surface area contributed by atoms with Crippen molar-refractivity contribution in [2.24, 2.45) is 0 Å². The molecule has 276 valence electrons. The van der Waals surface area contributed by atoms with Crippen molar-refractivity contribution >= 4 is 64.7 Å². The highest BCUT2D eigenvalue weighted by atomic mass is 32.1. The zero-order valence-electron chi connectivity index (χ0n) is 32.0. The van der Waals surface area contributed by atoms with E-state index in [1.54, 1.807) is 0 Å². The highest BCUT2D eigenvalue weighted by Crippen LogP contribution is 2.49. The fraction of sp³-hybridized carbons (Fsp3) is 0.0364. The van der Waals surface area contributed by atoms with Crippen molar-refractivity contribution in [2.75, 3.05) is 4.90 Å². The van der Waals surface area contributed by atoms with Crippen molar-refractivity contribution in [3.63, 3.8) is 0 Å². The van der Waals surface area contributed by atoms with E-state index in [0.29, 0.717) is 11.5 Å². The zero-order valence-corrected chi connectivity index (χ0v) is 32.8. The normalized spacial score (nSPS) is 15.6. The Balaban J connectivity index is 0.961. The molecule has 2 atom stereocenters.